The molecule has 2 heterocycles. The molecule has 0 aliphatic heterocycles. The maximum Gasteiger partial charge on any atom is 0.359 e. The van der Waals surface area contributed by atoms with Crippen molar-refractivity contribution in [3.05, 3.63) is 99.8 Å². The lowest BCUT2D eigenvalue weighted by Crippen LogP contribution is -2.25. The monoisotopic (exact) mass is 469 g/mol. The van der Waals surface area contributed by atoms with Crippen molar-refractivity contribution in [3.8, 4) is 5.69 Å². The number of carbonyl (C=O) groups is 2. The number of hydrogen-bond donors (Lipinski definition) is 1. The Balaban J connectivity index is 1.66. The lowest BCUT2D eigenvalue weighted by atomic mass is 10.0. The molecule has 5 rings (SSSR count). The van der Waals surface area contributed by atoms with E-state index in [0.717, 1.165) is 15.5 Å². The average molecular weight is 470 g/mol. The van der Waals surface area contributed by atoms with E-state index in [-0.39, 0.29) is 23.6 Å². The summed E-state index contributed by atoms with van der Waals surface area (Å²) in [6, 6.07) is 21.9. The molecular weight excluding hydrogens is 450 g/mol. The SMILES string of the molecule is CCOC(=O)c1nn(-c2ccccc2)c(=O)c2c(NC(=O)c3cccc4ccccc34)scc12. The van der Waals surface area contributed by atoms with Gasteiger partial charge in [0.05, 0.1) is 17.7 Å². The summed E-state index contributed by atoms with van der Waals surface area (Å²) in [6.45, 7) is 1.87. The number of amides is 1. The molecule has 0 atom stereocenters. The van der Waals surface area contributed by atoms with E-state index in [1.165, 1.54) is 11.3 Å². The topological polar surface area (TPSA) is 90.3 Å². The molecule has 0 aliphatic rings. The highest BCUT2D eigenvalue weighted by Crippen LogP contribution is 2.31. The van der Waals surface area contributed by atoms with Crippen molar-refractivity contribution in [2.75, 3.05) is 11.9 Å². The molecule has 0 saturated heterocycles. The maximum atomic E-state index is 13.5. The molecule has 168 valence electrons. The minimum Gasteiger partial charge on any atom is -0.461 e. The second-order valence-corrected chi connectivity index (χ2v) is 8.34. The predicted octanol–water partition coefficient (Wildman–Crippen LogP) is 5.03. The normalized spacial score (nSPS) is 11.0. The fraction of sp³-hybridized carbons (Fsp3) is 0.0769. The smallest absolute Gasteiger partial charge is 0.359 e. The van der Waals surface area contributed by atoms with Gasteiger partial charge in [-0.25, -0.2) is 4.79 Å². The zero-order chi connectivity index (χ0) is 23.7. The highest BCUT2D eigenvalue weighted by molar-refractivity contribution is 7.16. The highest BCUT2D eigenvalue weighted by Gasteiger charge is 2.23. The number of anilines is 1. The first kappa shape index (κ1) is 21.5. The van der Waals surface area contributed by atoms with E-state index < -0.39 is 11.5 Å². The van der Waals surface area contributed by atoms with Crippen molar-refractivity contribution >= 4 is 49.8 Å². The summed E-state index contributed by atoms with van der Waals surface area (Å²) in [5.74, 6) is -0.984. The van der Waals surface area contributed by atoms with Gasteiger partial charge in [0.15, 0.2) is 5.69 Å². The van der Waals surface area contributed by atoms with E-state index in [1.807, 2.05) is 42.5 Å². The van der Waals surface area contributed by atoms with Crippen LogP contribution in [-0.2, 0) is 4.74 Å². The third-order valence-electron chi connectivity index (χ3n) is 5.38. The van der Waals surface area contributed by atoms with E-state index >= 15 is 0 Å². The van der Waals surface area contributed by atoms with Gasteiger partial charge in [-0.2, -0.15) is 9.78 Å². The second kappa shape index (κ2) is 8.92. The number of rotatable bonds is 5. The fourth-order valence-corrected chi connectivity index (χ4v) is 4.76. The van der Waals surface area contributed by atoms with Crippen LogP contribution in [0, 0.1) is 0 Å². The van der Waals surface area contributed by atoms with Gasteiger partial charge in [0.25, 0.3) is 11.5 Å². The largest absolute Gasteiger partial charge is 0.461 e. The summed E-state index contributed by atoms with van der Waals surface area (Å²) in [4.78, 5) is 39.4. The van der Waals surface area contributed by atoms with Crippen LogP contribution in [0.15, 0.2) is 83.0 Å². The number of ether oxygens (including phenoxy) is 1. The van der Waals surface area contributed by atoms with Gasteiger partial charge in [0.2, 0.25) is 0 Å². The van der Waals surface area contributed by atoms with E-state index in [4.69, 9.17) is 4.74 Å². The van der Waals surface area contributed by atoms with Crippen molar-refractivity contribution in [1.82, 2.24) is 9.78 Å². The zero-order valence-electron chi connectivity index (χ0n) is 18.1. The fourth-order valence-electron chi connectivity index (χ4n) is 3.83. The molecule has 1 amide bonds. The summed E-state index contributed by atoms with van der Waals surface area (Å²) >= 11 is 1.17. The molecule has 0 unspecified atom stereocenters. The number of hydrogen-bond acceptors (Lipinski definition) is 6. The third-order valence-corrected chi connectivity index (χ3v) is 6.28. The number of esters is 1. The van der Waals surface area contributed by atoms with E-state index in [1.54, 1.807) is 42.6 Å². The van der Waals surface area contributed by atoms with Gasteiger partial charge >= 0.3 is 5.97 Å². The molecule has 34 heavy (non-hydrogen) atoms. The Kier molecular flexibility index (Phi) is 5.65. The Morgan fingerprint density at radius 3 is 2.50 bits per heavy atom. The summed E-state index contributed by atoms with van der Waals surface area (Å²) in [5.41, 5.74) is 0.561. The number of fused-ring (bicyclic) bond motifs is 2. The lowest BCUT2D eigenvalue weighted by molar-refractivity contribution is 0.0520. The Labute approximate surface area is 198 Å². The van der Waals surface area contributed by atoms with Crippen molar-refractivity contribution in [1.29, 1.82) is 0 Å². The molecule has 0 radical (unpaired) electrons. The number of nitrogens with one attached hydrogen (secondary N) is 1. The van der Waals surface area contributed by atoms with Crippen LogP contribution in [-0.4, -0.2) is 28.3 Å². The van der Waals surface area contributed by atoms with Gasteiger partial charge in [-0.15, -0.1) is 11.3 Å². The first-order valence-electron chi connectivity index (χ1n) is 10.6. The Morgan fingerprint density at radius 2 is 1.71 bits per heavy atom. The standard InChI is InChI=1S/C26H19N3O4S/c1-2-33-26(32)22-20-15-34-24(21(20)25(31)29(28-22)17-11-4-3-5-12-17)27-23(30)19-14-8-10-16-9-6-7-13-18(16)19/h3-15H,2H2,1H3,(H,27,30). The molecule has 2 aromatic heterocycles. The number of nitrogens with zero attached hydrogens (tertiary/aromatic N) is 2. The second-order valence-electron chi connectivity index (χ2n) is 7.46. The molecule has 3 aromatic carbocycles. The van der Waals surface area contributed by atoms with Crippen LogP contribution < -0.4 is 10.9 Å². The zero-order valence-corrected chi connectivity index (χ0v) is 19.0. The first-order valence-corrected chi connectivity index (χ1v) is 11.5. The average Bonchev–Trinajstić information content (AvgIpc) is 3.28. The molecule has 0 spiro atoms. The van der Waals surface area contributed by atoms with Crippen LogP contribution in [0.4, 0.5) is 5.00 Å². The van der Waals surface area contributed by atoms with E-state index in [0.29, 0.717) is 21.6 Å². The molecule has 5 aromatic rings. The molecule has 8 heteroatoms. The minimum absolute atomic E-state index is 0.0159. The Morgan fingerprint density at radius 1 is 0.971 bits per heavy atom. The number of para-hydroxylation sites is 1. The molecule has 7 nitrogen and oxygen atoms in total. The minimum atomic E-state index is -0.637. The quantitative estimate of drug-likeness (QED) is 0.365. The van der Waals surface area contributed by atoms with Gasteiger partial charge in [-0.1, -0.05) is 54.6 Å². The molecule has 0 bridgehead atoms. The summed E-state index contributed by atoms with van der Waals surface area (Å²) in [5, 5.41) is 11.5. The first-order chi connectivity index (χ1) is 16.6. The van der Waals surface area contributed by atoms with E-state index in [2.05, 4.69) is 10.4 Å². The molecule has 0 saturated carbocycles. The van der Waals surface area contributed by atoms with Crippen molar-refractivity contribution in [3.63, 3.8) is 0 Å². The Hall–Kier alpha value is -4.30. The van der Waals surface area contributed by atoms with Gasteiger partial charge in [-0.3, -0.25) is 9.59 Å². The van der Waals surface area contributed by atoms with Crippen LogP contribution in [0.1, 0.15) is 27.8 Å². The van der Waals surface area contributed by atoms with Crippen LogP contribution in [0.2, 0.25) is 0 Å². The number of aromatic nitrogens is 2. The van der Waals surface area contributed by atoms with Gasteiger partial charge in [0.1, 0.15) is 5.00 Å². The number of carbonyl (C=O) groups excluding carboxylic acids is 2. The van der Waals surface area contributed by atoms with Gasteiger partial charge in [-0.05, 0) is 35.9 Å². The van der Waals surface area contributed by atoms with Crippen molar-refractivity contribution in [2.24, 2.45) is 0 Å². The van der Waals surface area contributed by atoms with Gasteiger partial charge in [0, 0.05) is 16.3 Å². The summed E-state index contributed by atoms with van der Waals surface area (Å²) < 4.78 is 6.34. The lowest BCUT2D eigenvalue weighted by Gasteiger charge is -2.10. The summed E-state index contributed by atoms with van der Waals surface area (Å²) in [6.07, 6.45) is 0. The van der Waals surface area contributed by atoms with Crippen LogP contribution in [0.5, 0.6) is 0 Å². The van der Waals surface area contributed by atoms with Crippen LogP contribution >= 0.6 is 11.3 Å². The van der Waals surface area contributed by atoms with Crippen LogP contribution in [0.25, 0.3) is 27.2 Å². The molecule has 1 N–H and O–H groups in total. The van der Waals surface area contributed by atoms with Crippen molar-refractivity contribution < 1.29 is 14.3 Å². The Bertz CT molecular complexity index is 1600. The maximum absolute atomic E-state index is 13.5. The van der Waals surface area contributed by atoms with Gasteiger partial charge < -0.3 is 10.1 Å². The predicted molar refractivity (Wildman–Crippen MR) is 133 cm³/mol. The molecular formula is C26H19N3O4S. The third kappa shape index (κ3) is 3.74. The van der Waals surface area contributed by atoms with E-state index in [9.17, 15) is 14.4 Å². The summed E-state index contributed by atoms with van der Waals surface area (Å²) in [7, 11) is 0. The number of thiophene rings is 1. The van der Waals surface area contributed by atoms with Crippen molar-refractivity contribution in [2.45, 2.75) is 6.92 Å². The van der Waals surface area contributed by atoms with Crippen LogP contribution in [0.3, 0.4) is 0 Å². The molecule has 0 fully saturated rings. The molecule has 0 aliphatic carbocycles. The number of benzene rings is 3. The highest BCUT2D eigenvalue weighted by atomic mass is 32.1.